The predicted octanol–water partition coefficient (Wildman–Crippen LogP) is 3.43. The van der Waals surface area contributed by atoms with E-state index >= 15 is 0 Å². The van der Waals surface area contributed by atoms with E-state index in [-0.39, 0.29) is 0 Å². The molecule has 2 aliphatic carbocycles. The second-order valence-electron chi connectivity index (χ2n) is 7.40. The zero-order valence-electron chi connectivity index (χ0n) is 13.0. The van der Waals surface area contributed by atoms with E-state index in [0.29, 0.717) is 0 Å². The van der Waals surface area contributed by atoms with Gasteiger partial charge in [-0.25, -0.2) is 0 Å². The Bertz CT molecular complexity index is 430. The van der Waals surface area contributed by atoms with Gasteiger partial charge in [0.1, 0.15) is 0 Å². The number of hydrogen-bond acceptors (Lipinski definition) is 2. The molecule has 1 heterocycles. The van der Waals surface area contributed by atoms with E-state index in [1.165, 1.54) is 57.2 Å². The Morgan fingerprint density at radius 3 is 2.10 bits per heavy atom. The molecule has 0 radical (unpaired) electrons. The zero-order valence-corrected chi connectivity index (χ0v) is 13.0. The zero-order chi connectivity index (χ0) is 14.1. The molecule has 3 fully saturated rings. The maximum Gasteiger partial charge on any atom is 0.0233 e. The summed E-state index contributed by atoms with van der Waals surface area (Å²) >= 11 is 0. The van der Waals surface area contributed by atoms with Crippen LogP contribution in [0.4, 0.5) is 0 Å². The number of rotatable bonds is 6. The van der Waals surface area contributed by atoms with Crippen molar-refractivity contribution < 1.29 is 0 Å². The first-order valence-electron chi connectivity index (χ1n) is 8.91. The van der Waals surface area contributed by atoms with E-state index < -0.39 is 0 Å². The topological polar surface area (TPSA) is 15.3 Å². The fourth-order valence-corrected chi connectivity index (χ4v) is 3.94. The highest BCUT2D eigenvalue weighted by Gasteiger charge is 2.42. The number of hydrogen-bond donors (Lipinski definition) is 1. The van der Waals surface area contributed by atoms with Gasteiger partial charge in [0.25, 0.3) is 0 Å². The Balaban J connectivity index is 1.24. The number of likely N-dealkylation sites (tertiary alicyclic amines) is 1. The molecule has 21 heavy (non-hydrogen) atoms. The molecule has 3 aliphatic rings. The van der Waals surface area contributed by atoms with Crippen LogP contribution in [0, 0.1) is 11.8 Å². The Labute approximate surface area is 128 Å². The average molecular weight is 284 g/mol. The van der Waals surface area contributed by atoms with Crippen LogP contribution in [-0.4, -0.2) is 30.1 Å². The van der Waals surface area contributed by atoms with Crippen LogP contribution in [0.2, 0.25) is 0 Å². The highest BCUT2D eigenvalue weighted by molar-refractivity contribution is 5.14. The SMILES string of the molecule is c1ccc(CN2CCC(NC(C3CC3)C3CC3)CC2)cc1. The van der Waals surface area contributed by atoms with Crippen molar-refractivity contribution in [1.82, 2.24) is 10.2 Å². The minimum absolute atomic E-state index is 0.781. The molecule has 0 aromatic heterocycles. The maximum atomic E-state index is 4.04. The molecule has 1 saturated heterocycles. The van der Waals surface area contributed by atoms with Crippen LogP contribution in [0.3, 0.4) is 0 Å². The molecular weight excluding hydrogens is 256 g/mol. The largest absolute Gasteiger partial charge is 0.311 e. The van der Waals surface area contributed by atoms with Gasteiger partial charge >= 0.3 is 0 Å². The van der Waals surface area contributed by atoms with Crippen molar-refractivity contribution >= 4 is 0 Å². The lowest BCUT2D eigenvalue weighted by Gasteiger charge is -2.35. The lowest BCUT2D eigenvalue weighted by Crippen LogP contribution is -2.47. The van der Waals surface area contributed by atoms with Crippen LogP contribution in [-0.2, 0) is 6.54 Å². The molecule has 0 amide bonds. The molecule has 2 heteroatoms. The molecule has 0 spiro atoms. The van der Waals surface area contributed by atoms with Gasteiger partial charge in [-0.2, -0.15) is 0 Å². The lowest BCUT2D eigenvalue weighted by molar-refractivity contribution is 0.178. The Kier molecular flexibility index (Phi) is 4.00. The molecule has 0 atom stereocenters. The Morgan fingerprint density at radius 2 is 1.52 bits per heavy atom. The monoisotopic (exact) mass is 284 g/mol. The summed E-state index contributed by atoms with van der Waals surface area (Å²) in [6, 6.07) is 12.6. The quantitative estimate of drug-likeness (QED) is 0.861. The molecule has 114 valence electrons. The summed E-state index contributed by atoms with van der Waals surface area (Å²) in [5.41, 5.74) is 1.46. The molecule has 0 unspecified atom stereocenters. The number of benzene rings is 1. The normalized spacial score (nSPS) is 24.6. The van der Waals surface area contributed by atoms with Crippen molar-refractivity contribution in [2.75, 3.05) is 13.1 Å². The lowest BCUT2D eigenvalue weighted by atomic mass is 10.00. The Morgan fingerprint density at radius 1 is 0.905 bits per heavy atom. The molecule has 0 bridgehead atoms. The van der Waals surface area contributed by atoms with Crippen LogP contribution in [0.5, 0.6) is 0 Å². The minimum Gasteiger partial charge on any atom is -0.311 e. The molecule has 1 aromatic rings. The summed E-state index contributed by atoms with van der Waals surface area (Å²) in [6.45, 7) is 3.64. The summed E-state index contributed by atoms with van der Waals surface area (Å²) in [7, 11) is 0. The van der Waals surface area contributed by atoms with Crippen LogP contribution in [0.1, 0.15) is 44.1 Å². The first-order valence-corrected chi connectivity index (χ1v) is 8.91. The third-order valence-corrected chi connectivity index (χ3v) is 5.52. The van der Waals surface area contributed by atoms with Gasteiger partial charge in [0, 0.05) is 18.6 Å². The highest BCUT2D eigenvalue weighted by atomic mass is 15.1. The molecule has 2 nitrogen and oxygen atoms in total. The van der Waals surface area contributed by atoms with E-state index in [9.17, 15) is 0 Å². The first-order chi connectivity index (χ1) is 10.4. The fourth-order valence-electron chi connectivity index (χ4n) is 3.94. The fraction of sp³-hybridized carbons (Fsp3) is 0.684. The van der Waals surface area contributed by atoms with Gasteiger partial charge in [0.05, 0.1) is 0 Å². The third kappa shape index (κ3) is 3.67. The number of piperidine rings is 1. The third-order valence-electron chi connectivity index (χ3n) is 5.52. The smallest absolute Gasteiger partial charge is 0.0233 e. The van der Waals surface area contributed by atoms with Crippen molar-refractivity contribution in [2.45, 2.75) is 57.2 Å². The van der Waals surface area contributed by atoms with E-state index in [0.717, 1.165) is 30.5 Å². The van der Waals surface area contributed by atoms with Crippen LogP contribution < -0.4 is 5.32 Å². The maximum absolute atomic E-state index is 4.04. The van der Waals surface area contributed by atoms with Gasteiger partial charge in [0.2, 0.25) is 0 Å². The Hall–Kier alpha value is -0.860. The summed E-state index contributed by atoms with van der Waals surface area (Å²) in [5, 5.41) is 4.04. The molecular formula is C19H28N2. The molecule has 1 aromatic carbocycles. The summed E-state index contributed by atoms with van der Waals surface area (Å²) in [6.07, 6.45) is 8.62. The van der Waals surface area contributed by atoms with E-state index in [2.05, 4.69) is 40.5 Å². The number of nitrogens with zero attached hydrogens (tertiary/aromatic N) is 1. The van der Waals surface area contributed by atoms with Gasteiger partial charge in [-0.05, 0) is 69.0 Å². The molecule has 2 saturated carbocycles. The van der Waals surface area contributed by atoms with Gasteiger partial charge in [-0.1, -0.05) is 30.3 Å². The van der Waals surface area contributed by atoms with E-state index in [1.807, 2.05) is 0 Å². The summed E-state index contributed by atoms with van der Waals surface area (Å²) in [4.78, 5) is 2.62. The van der Waals surface area contributed by atoms with Crippen LogP contribution >= 0.6 is 0 Å². The average Bonchev–Trinajstić information content (AvgIpc) is 3.40. The minimum atomic E-state index is 0.781. The van der Waals surface area contributed by atoms with Gasteiger partial charge in [-0.15, -0.1) is 0 Å². The number of nitrogens with one attached hydrogen (secondary N) is 1. The second kappa shape index (κ2) is 6.10. The van der Waals surface area contributed by atoms with Crippen molar-refractivity contribution in [3.8, 4) is 0 Å². The second-order valence-corrected chi connectivity index (χ2v) is 7.40. The van der Waals surface area contributed by atoms with Crippen molar-refractivity contribution in [1.29, 1.82) is 0 Å². The summed E-state index contributed by atoms with van der Waals surface area (Å²) < 4.78 is 0. The van der Waals surface area contributed by atoms with Crippen LogP contribution in [0.15, 0.2) is 30.3 Å². The molecule has 4 rings (SSSR count). The van der Waals surface area contributed by atoms with Gasteiger partial charge in [-0.3, -0.25) is 4.90 Å². The van der Waals surface area contributed by atoms with Crippen molar-refractivity contribution in [2.24, 2.45) is 11.8 Å². The molecule has 1 aliphatic heterocycles. The van der Waals surface area contributed by atoms with Gasteiger partial charge < -0.3 is 5.32 Å². The molecule has 1 N–H and O–H groups in total. The highest BCUT2D eigenvalue weighted by Crippen LogP contribution is 2.44. The van der Waals surface area contributed by atoms with Crippen molar-refractivity contribution in [3.63, 3.8) is 0 Å². The van der Waals surface area contributed by atoms with Crippen LogP contribution in [0.25, 0.3) is 0 Å². The van der Waals surface area contributed by atoms with E-state index in [4.69, 9.17) is 0 Å². The standard InChI is InChI=1S/C19H28N2/c1-2-4-15(5-3-1)14-21-12-10-18(11-13-21)20-19(16-6-7-16)17-8-9-17/h1-5,16-20H,6-14H2. The van der Waals surface area contributed by atoms with Gasteiger partial charge in [0.15, 0.2) is 0 Å². The van der Waals surface area contributed by atoms with E-state index in [1.54, 1.807) is 0 Å². The van der Waals surface area contributed by atoms with Crippen molar-refractivity contribution in [3.05, 3.63) is 35.9 Å². The first kappa shape index (κ1) is 13.8. The predicted molar refractivity (Wildman–Crippen MR) is 87.1 cm³/mol. The summed E-state index contributed by atoms with van der Waals surface area (Å²) in [5.74, 6) is 2.06.